The number of carbonyl (C=O) groups is 3. The molecular weight excluding hydrogens is 288 g/mol. The number of methoxy groups -OCH3 is 1. The molecule has 0 spiro atoms. The summed E-state index contributed by atoms with van der Waals surface area (Å²) in [7, 11) is 1.42. The van der Waals surface area contributed by atoms with Crippen molar-refractivity contribution in [1.82, 2.24) is 0 Å². The molecule has 0 aromatic carbocycles. The van der Waals surface area contributed by atoms with Gasteiger partial charge in [-0.2, -0.15) is 0 Å². The molecule has 122 valence electrons. The first-order valence-electron chi connectivity index (χ1n) is 7.25. The highest BCUT2D eigenvalue weighted by Gasteiger charge is 2.62. The predicted molar refractivity (Wildman–Crippen MR) is 76.7 cm³/mol. The van der Waals surface area contributed by atoms with Gasteiger partial charge >= 0.3 is 11.9 Å². The fraction of sp³-hybridized carbons (Fsp3) is 0.688. The van der Waals surface area contributed by atoms with Crippen LogP contribution < -0.4 is 0 Å². The number of hydrogen-bond acceptors (Lipinski definition) is 6. The summed E-state index contributed by atoms with van der Waals surface area (Å²) < 4.78 is 16.1. The monoisotopic (exact) mass is 310 g/mol. The van der Waals surface area contributed by atoms with Crippen molar-refractivity contribution in [3.8, 4) is 0 Å². The molecule has 0 saturated carbocycles. The summed E-state index contributed by atoms with van der Waals surface area (Å²) in [5.41, 5.74) is -1.39. The third-order valence-electron chi connectivity index (χ3n) is 4.16. The minimum atomic E-state index is -1.11. The zero-order valence-electron chi connectivity index (χ0n) is 13.8. The van der Waals surface area contributed by atoms with E-state index in [1.165, 1.54) is 7.11 Å². The van der Waals surface area contributed by atoms with Crippen molar-refractivity contribution in [2.75, 3.05) is 7.11 Å². The molecule has 1 fully saturated rings. The van der Waals surface area contributed by atoms with Gasteiger partial charge in [-0.1, -0.05) is 0 Å². The topological polar surface area (TPSA) is 78.9 Å². The van der Waals surface area contributed by atoms with E-state index in [9.17, 15) is 14.4 Å². The number of allylic oxidation sites excluding steroid dienone is 1. The van der Waals surface area contributed by atoms with Crippen LogP contribution in [0.15, 0.2) is 11.3 Å². The van der Waals surface area contributed by atoms with Crippen molar-refractivity contribution in [3.63, 3.8) is 0 Å². The molecule has 22 heavy (non-hydrogen) atoms. The normalized spacial score (nSPS) is 31.7. The lowest BCUT2D eigenvalue weighted by Gasteiger charge is -2.36. The first-order chi connectivity index (χ1) is 10.0. The largest absolute Gasteiger partial charge is 0.496 e. The summed E-state index contributed by atoms with van der Waals surface area (Å²) >= 11 is 0. The second-order valence-electron chi connectivity index (χ2n) is 6.93. The molecule has 3 atom stereocenters. The van der Waals surface area contributed by atoms with Gasteiger partial charge in [0.25, 0.3) is 0 Å². The lowest BCUT2D eigenvalue weighted by Crippen LogP contribution is -2.44. The molecule has 6 heteroatoms. The Bertz CT molecular complexity index is 568. The Morgan fingerprint density at radius 3 is 2.41 bits per heavy atom. The minimum absolute atomic E-state index is 0.0604. The van der Waals surface area contributed by atoms with Crippen LogP contribution in [0.3, 0.4) is 0 Å². The van der Waals surface area contributed by atoms with Crippen LogP contribution in [-0.4, -0.2) is 36.0 Å². The molecule has 1 aliphatic carbocycles. The molecule has 1 aliphatic heterocycles. The van der Waals surface area contributed by atoms with E-state index in [4.69, 9.17) is 14.2 Å². The number of ether oxygens (including phenoxy) is 3. The van der Waals surface area contributed by atoms with E-state index >= 15 is 0 Å². The second-order valence-corrected chi connectivity index (χ2v) is 6.93. The number of esters is 2. The lowest BCUT2D eigenvalue weighted by atomic mass is 9.72. The highest BCUT2D eigenvalue weighted by Crippen LogP contribution is 2.49. The Morgan fingerprint density at radius 2 is 1.91 bits per heavy atom. The zero-order valence-corrected chi connectivity index (χ0v) is 13.8. The fourth-order valence-corrected chi connectivity index (χ4v) is 3.19. The highest BCUT2D eigenvalue weighted by atomic mass is 16.6. The van der Waals surface area contributed by atoms with Crippen LogP contribution in [0.25, 0.3) is 0 Å². The molecule has 0 radical (unpaired) electrons. The van der Waals surface area contributed by atoms with E-state index in [0.717, 1.165) is 0 Å². The third-order valence-corrected chi connectivity index (χ3v) is 4.16. The quantitative estimate of drug-likeness (QED) is 0.571. The van der Waals surface area contributed by atoms with E-state index in [1.807, 2.05) is 0 Å². The Kier molecular flexibility index (Phi) is 3.83. The van der Waals surface area contributed by atoms with Crippen molar-refractivity contribution in [2.24, 2.45) is 11.8 Å². The van der Waals surface area contributed by atoms with E-state index in [1.54, 1.807) is 34.6 Å². The van der Waals surface area contributed by atoms with Gasteiger partial charge in [0, 0.05) is 17.9 Å². The van der Waals surface area contributed by atoms with E-state index in [2.05, 4.69) is 0 Å². The molecule has 6 nitrogen and oxygen atoms in total. The van der Waals surface area contributed by atoms with Crippen molar-refractivity contribution >= 4 is 17.7 Å². The SMILES string of the molecule is COC1=C(C)C(=O)C[C@@H]2C(C(=O)OC(C)(C)C)C(=O)O[C@]12C. The molecule has 2 aliphatic rings. The van der Waals surface area contributed by atoms with Crippen molar-refractivity contribution in [3.05, 3.63) is 11.3 Å². The van der Waals surface area contributed by atoms with Crippen LogP contribution in [0.1, 0.15) is 41.0 Å². The van der Waals surface area contributed by atoms with Gasteiger partial charge in [-0.05, 0) is 34.6 Å². The number of Topliss-reactive ketones (excluding diaryl/α,β-unsaturated/α-hetero) is 1. The summed E-state index contributed by atoms with van der Waals surface area (Å²) in [5, 5.41) is 0. The maximum Gasteiger partial charge on any atom is 0.321 e. The zero-order chi connectivity index (χ0) is 16.9. The fourth-order valence-electron chi connectivity index (χ4n) is 3.19. The van der Waals surface area contributed by atoms with Crippen LogP contribution in [0, 0.1) is 11.8 Å². The predicted octanol–water partition coefficient (Wildman–Crippen LogP) is 1.77. The van der Waals surface area contributed by atoms with E-state index in [0.29, 0.717) is 11.3 Å². The first kappa shape index (κ1) is 16.5. The van der Waals surface area contributed by atoms with Crippen LogP contribution in [-0.2, 0) is 28.6 Å². The van der Waals surface area contributed by atoms with Crippen molar-refractivity contribution in [2.45, 2.75) is 52.2 Å². The maximum absolute atomic E-state index is 12.4. The molecule has 1 heterocycles. The number of rotatable bonds is 2. The Balaban J connectivity index is 2.41. The molecule has 1 saturated heterocycles. The number of ketones is 1. The average molecular weight is 310 g/mol. The number of fused-ring (bicyclic) bond motifs is 1. The minimum Gasteiger partial charge on any atom is -0.496 e. The van der Waals surface area contributed by atoms with Crippen LogP contribution >= 0.6 is 0 Å². The van der Waals surface area contributed by atoms with Gasteiger partial charge in [0.2, 0.25) is 0 Å². The van der Waals surface area contributed by atoms with Gasteiger partial charge in [-0.3, -0.25) is 14.4 Å². The van der Waals surface area contributed by atoms with Gasteiger partial charge in [-0.15, -0.1) is 0 Å². The van der Waals surface area contributed by atoms with Crippen molar-refractivity contribution < 1.29 is 28.6 Å². The van der Waals surface area contributed by atoms with Gasteiger partial charge < -0.3 is 14.2 Å². The van der Waals surface area contributed by atoms with Gasteiger partial charge in [0.1, 0.15) is 11.4 Å². The molecule has 0 aromatic rings. The first-order valence-corrected chi connectivity index (χ1v) is 7.25. The van der Waals surface area contributed by atoms with Gasteiger partial charge in [0.05, 0.1) is 7.11 Å². The number of carbonyl (C=O) groups excluding carboxylic acids is 3. The molecule has 2 rings (SSSR count). The van der Waals surface area contributed by atoms with Gasteiger partial charge in [-0.25, -0.2) is 0 Å². The molecule has 0 amide bonds. The van der Waals surface area contributed by atoms with Crippen LogP contribution in [0.2, 0.25) is 0 Å². The smallest absolute Gasteiger partial charge is 0.321 e. The van der Waals surface area contributed by atoms with E-state index in [-0.39, 0.29) is 12.2 Å². The number of hydrogen-bond donors (Lipinski definition) is 0. The molecule has 0 bridgehead atoms. The molecule has 0 N–H and O–H groups in total. The lowest BCUT2D eigenvalue weighted by molar-refractivity contribution is -0.165. The standard InChI is InChI=1S/C16H22O6/c1-8-10(17)7-9-11(13(18)21-15(2,3)4)14(19)22-16(9,5)12(8)20-6/h9,11H,7H2,1-6H3/t9-,11?,16+/m1/s1. The van der Waals surface area contributed by atoms with Crippen LogP contribution in [0.5, 0.6) is 0 Å². The summed E-state index contributed by atoms with van der Waals surface area (Å²) in [6.07, 6.45) is 0.0604. The van der Waals surface area contributed by atoms with Crippen molar-refractivity contribution in [1.29, 1.82) is 0 Å². The van der Waals surface area contributed by atoms with Crippen LogP contribution in [0.4, 0.5) is 0 Å². The summed E-state index contributed by atoms with van der Waals surface area (Å²) in [5.74, 6) is -2.88. The summed E-state index contributed by atoms with van der Waals surface area (Å²) in [4.78, 5) is 36.7. The molecular formula is C16H22O6. The second kappa shape index (κ2) is 5.11. The van der Waals surface area contributed by atoms with E-state index < -0.39 is 35.0 Å². The average Bonchev–Trinajstić information content (AvgIpc) is 2.59. The van der Waals surface area contributed by atoms with Gasteiger partial charge in [0.15, 0.2) is 17.3 Å². The Labute approximate surface area is 129 Å². The molecule has 1 unspecified atom stereocenters. The molecule has 0 aromatic heterocycles. The highest BCUT2D eigenvalue weighted by molar-refractivity contribution is 6.02. The maximum atomic E-state index is 12.4. The summed E-state index contributed by atoms with van der Waals surface area (Å²) in [6.45, 7) is 8.48. The third kappa shape index (κ3) is 2.51. The summed E-state index contributed by atoms with van der Waals surface area (Å²) in [6, 6.07) is 0. The Hall–Kier alpha value is -1.85. The Morgan fingerprint density at radius 1 is 1.32 bits per heavy atom.